The van der Waals surface area contributed by atoms with Crippen LogP contribution in [0.1, 0.15) is 26.7 Å². The molecule has 14 heavy (non-hydrogen) atoms. The van der Waals surface area contributed by atoms with Gasteiger partial charge in [-0.2, -0.15) is 0 Å². The molecule has 2 rings (SSSR count). The van der Waals surface area contributed by atoms with Crippen LogP contribution in [0.3, 0.4) is 0 Å². The molecule has 0 aliphatic heterocycles. The maximum Gasteiger partial charge on any atom is 0.0513 e. The lowest BCUT2D eigenvalue weighted by atomic mass is 10.1. The van der Waals surface area contributed by atoms with Gasteiger partial charge >= 0.3 is 0 Å². The highest BCUT2D eigenvalue weighted by Gasteiger charge is 2.44. The third-order valence-corrected chi connectivity index (χ3v) is 8.76. The van der Waals surface area contributed by atoms with Gasteiger partial charge in [-0.05, 0) is 36.1 Å². The van der Waals surface area contributed by atoms with Gasteiger partial charge in [0.15, 0.2) is 0 Å². The molecule has 0 aromatic carbocycles. The molecule has 2 aliphatic rings. The molecular weight excluding hydrogens is 184 g/mol. The monoisotopic (exact) mass is 208 g/mol. The van der Waals surface area contributed by atoms with Gasteiger partial charge < -0.3 is 0 Å². The Hall–Kier alpha value is -0.0431. The van der Waals surface area contributed by atoms with Gasteiger partial charge in [-0.25, -0.2) is 0 Å². The van der Waals surface area contributed by atoms with Gasteiger partial charge in [0.05, 0.1) is 8.07 Å². The molecule has 0 spiro atoms. The Morgan fingerprint density at radius 3 is 2.36 bits per heavy atom. The van der Waals surface area contributed by atoms with Crippen LogP contribution in [-0.4, -0.2) is 8.07 Å². The highest BCUT2D eigenvalue weighted by Crippen LogP contribution is 2.52. The molecule has 0 aromatic heterocycles. The van der Waals surface area contributed by atoms with E-state index in [1.807, 2.05) is 0 Å². The predicted octanol–water partition coefficient (Wildman–Crippen LogP) is 4.32. The van der Waals surface area contributed by atoms with Gasteiger partial charge in [0.1, 0.15) is 0 Å². The maximum absolute atomic E-state index is 2.62. The maximum atomic E-state index is 2.62. The third-order valence-electron chi connectivity index (χ3n) is 4.22. The van der Waals surface area contributed by atoms with Crippen LogP contribution in [0, 0.1) is 17.8 Å². The quantitative estimate of drug-likeness (QED) is 0.479. The summed E-state index contributed by atoms with van der Waals surface area (Å²) in [5, 5.41) is 0. The summed E-state index contributed by atoms with van der Waals surface area (Å²) in [7, 11) is -0.938. The molecule has 0 heterocycles. The number of hydrogen-bond acceptors (Lipinski definition) is 0. The zero-order valence-electron chi connectivity index (χ0n) is 10.1. The van der Waals surface area contributed by atoms with Gasteiger partial charge in [0, 0.05) is 0 Å². The van der Waals surface area contributed by atoms with E-state index in [1.54, 1.807) is 0 Å². The summed E-state index contributed by atoms with van der Waals surface area (Å²) >= 11 is 0. The van der Waals surface area contributed by atoms with E-state index in [9.17, 15) is 0 Å². The van der Waals surface area contributed by atoms with Crippen molar-refractivity contribution in [2.24, 2.45) is 17.8 Å². The molecule has 1 saturated carbocycles. The van der Waals surface area contributed by atoms with Crippen molar-refractivity contribution in [1.29, 1.82) is 0 Å². The molecule has 2 bridgehead atoms. The first-order valence-electron chi connectivity index (χ1n) is 6.17. The Balaban J connectivity index is 2.04. The second-order valence-corrected chi connectivity index (χ2v) is 11.6. The molecular formula is C13H24Si. The van der Waals surface area contributed by atoms with Gasteiger partial charge in [-0.3, -0.25) is 0 Å². The molecule has 2 aliphatic carbocycles. The van der Waals surface area contributed by atoms with Crippen LogP contribution in [0.15, 0.2) is 12.2 Å². The minimum atomic E-state index is -0.938. The zero-order chi connectivity index (χ0) is 10.3. The molecule has 0 aromatic rings. The van der Waals surface area contributed by atoms with Crippen molar-refractivity contribution in [1.82, 2.24) is 0 Å². The standard InChI is InChI=1S/C13H24Si/c1-10(2)9-14(3,4)13-8-11-5-6-12(13)7-11/h5-6,10-13H,7-9H2,1-4H3. The fourth-order valence-electron chi connectivity index (χ4n) is 3.88. The predicted molar refractivity (Wildman–Crippen MR) is 66.2 cm³/mol. The highest BCUT2D eigenvalue weighted by molar-refractivity contribution is 6.79. The highest BCUT2D eigenvalue weighted by atomic mass is 28.3. The summed E-state index contributed by atoms with van der Waals surface area (Å²) in [4.78, 5) is 0. The average Bonchev–Trinajstić information content (AvgIpc) is 2.60. The van der Waals surface area contributed by atoms with Crippen molar-refractivity contribution >= 4 is 8.07 Å². The minimum Gasteiger partial charge on any atom is -0.0851 e. The van der Waals surface area contributed by atoms with E-state index in [4.69, 9.17) is 0 Å². The number of rotatable bonds is 3. The Bertz CT molecular complexity index is 240. The van der Waals surface area contributed by atoms with Crippen LogP contribution in [0.2, 0.25) is 24.7 Å². The van der Waals surface area contributed by atoms with Crippen molar-refractivity contribution in [3.63, 3.8) is 0 Å². The fraction of sp³-hybridized carbons (Fsp3) is 0.846. The van der Waals surface area contributed by atoms with E-state index in [0.717, 1.165) is 23.3 Å². The summed E-state index contributed by atoms with van der Waals surface area (Å²) in [5.74, 6) is 2.84. The van der Waals surface area contributed by atoms with E-state index in [2.05, 4.69) is 39.1 Å². The average molecular weight is 208 g/mol. The van der Waals surface area contributed by atoms with Crippen LogP contribution in [0.5, 0.6) is 0 Å². The molecule has 80 valence electrons. The summed E-state index contributed by atoms with van der Waals surface area (Å²) in [6.45, 7) is 10.0. The molecule has 3 unspecified atom stereocenters. The van der Waals surface area contributed by atoms with Crippen LogP contribution in [-0.2, 0) is 0 Å². The molecule has 0 nitrogen and oxygen atoms in total. The van der Waals surface area contributed by atoms with E-state index >= 15 is 0 Å². The third kappa shape index (κ3) is 1.84. The summed E-state index contributed by atoms with van der Waals surface area (Å²) in [6.07, 6.45) is 8.00. The zero-order valence-corrected chi connectivity index (χ0v) is 11.1. The smallest absolute Gasteiger partial charge is 0.0513 e. The molecule has 1 fully saturated rings. The second-order valence-electron chi connectivity index (χ2n) is 6.47. The Morgan fingerprint density at radius 1 is 1.21 bits per heavy atom. The van der Waals surface area contributed by atoms with Gasteiger partial charge in [0.25, 0.3) is 0 Å². The van der Waals surface area contributed by atoms with E-state index in [-0.39, 0.29) is 0 Å². The molecule has 3 atom stereocenters. The van der Waals surface area contributed by atoms with Gasteiger partial charge in [-0.1, -0.05) is 45.1 Å². The lowest BCUT2D eigenvalue weighted by Crippen LogP contribution is -2.36. The molecule has 0 N–H and O–H groups in total. The van der Waals surface area contributed by atoms with Crippen LogP contribution in [0.25, 0.3) is 0 Å². The molecule has 1 heteroatoms. The normalized spacial score (nSPS) is 35.9. The molecule has 0 amide bonds. The number of hydrogen-bond donors (Lipinski definition) is 0. The first kappa shape index (κ1) is 10.5. The van der Waals surface area contributed by atoms with Crippen LogP contribution < -0.4 is 0 Å². The first-order valence-corrected chi connectivity index (χ1v) is 9.46. The lowest BCUT2D eigenvalue weighted by Gasteiger charge is -2.35. The van der Waals surface area contributed by atoms with Crippen molar-refractivity contribution in [2.75, 3.05) is 0 Å². The lowest BCUT2D eigenvalue weighted by molar-refractivity contribution is 0.641. The van der Waals surface area contributed by atoms with Crippen LogP contribution >= 0.6 is 0 Å². The van der Waals surface area contributed by atoms with Gasteiger partial charge in [-0.15, -0.1) is 0 Å². The van der Waals surface area contributed by atoms with Crippen molar-refractivity contribution < 1.29 is 0 Å². The molecule has 0 radical (unpaired) electrons. The summed E-state index contributed by atoms with van der Waals surface area (Å²) in [5.41, 5.74) is 1.10. The summed E-state index contributed by atoms with van der Waals surface area (Å²) in [6, 6.07) is 1.52. The fourth-order valence-corrected chi connectivity index (χ4v) is 8.64. The van der Waals surface area contributed by atoms with E-state index in [0.29, 0.717) is 0 Å². The minimum absolute atomic E-state index is 0.903. The van der Waals surface area contributed by atoms with E-state index < -0.39 is 8.07 Å². The van der Waals surface area contributed by atoms with Gasteiger partial charge in [0.2, 0.25) is 0 Å². The van der Waals surface area contributed by atoms with E-state index in [1.165, 1.54) is 18.9 Å². The molecule has 0 saturated heterocycles. The summed E-state index contributed by atoms with van der Waals surface area (Å²) < 4.78 is 0. The van der Waals surface area contributed by atoms with Crippen molar-refractivity contribution in [3.8, 4) is 0 Å². The second kappa shape index (κ2) is 3.51. The Labute approximate surface area is 89.8 Å². The van der Waals surface area contributed by atoms with Crippen molar-refractivity contribution in [2.45, 2.75) is 51.4 Å². The number of fused-ring (bicyclic) bond motifs is 2. The SMILES string of the molecule is CC(C)C[Si](C)(C)C1CC2C=CC1C2. The first-order chi connectivity index (χ1) is 6.49. The largest absolute Gasteiger partial charge is 0.0851 e. The Kier molecular flexibility index (Phi) is 2.63. The van der Waals surface area contributed by atoms with Crippen molar-refractivity contribution in [3.05, 3.63) is 12.2 Å². The van der Waals surface area contributed by atoms with Crippen LogP contribution in [0.4, 0.5) is 0 Å². The number of allylic oxidation sites excluding steroid dienone is 2. The topological polar surface area (TPSA) is 0 Å². The Morgan fingerprint density at radius 2 is 1.93 bits per heavy atom.